The van der Waals surface area contributed by atoms with Crippen LogP contribution >= 0.6 is 43.5 Å². The molecule has 1 aromatic rings. The van der Waals surface area contributed by atoms with Crippen molar-refractivity contribution < 1.29 is 4.79 Å². The van der Waals surface area contributed by atoms with Gasteiger partial charge in [0.15, 0.2) is 0 Å². The van der Waals surface area contributed by atoms with Gasteiger partial charge in [-0.15, -0.1) is 11.6 Å². The third kappa shape index (κ3) is 3.29. The quantitative estimate of drug-likeness (QED) is 0.829. The molecule has 0 aliphatic rings. The van der Waals surface area contributed by atoms with E-state index in [9.17, 15) is 4.79 Å². The normalized spacial score (nSPS) is 9.77. The van der Waals surface area contributed by atoms with Crippen LogP contribution in [0.1, 0.15) is 0 Å². The smallest absolute Gasteiger partial charge is 0.239 e. The lowest BCUT2D eigenvalue weighted by Gasteiger charge is -2.05. The molecule has 0 fully saturated rings. The van der Waals surface area contributed by atoms with Crippen molar-refractivity contribution in [1.82, 2.24) is 0 Å². The number of carbonyl (C=O) groups is 1. The molecule has 1 aromatic carbocycles. The summed E-state index contributed by atoms with van der Waals surface area (Å²) >= 11 is 12.0. The molecule has 2 nitrogen and oxygen atoms in total. The zero-order valence-electron chi connectivity index (χ0n) is 6.48. The van der Waals surface area contributed by atoms with E-state index in [4.69, 9.17) is 11.6 Å². The lowest BCUT2D eigenvalue weighted by atomic mass is 10.3. The van der Waals surface area contributed by atoms with Gasteiger partial charge in [-0.3, -0.25) is 4.79 Å². The van der Waals surface area contributed by atoms with E-state index in [-0.39, 0.29) is 11.8 Å². The molecule has 0 saturated carbocycles. The molecule has 0 spiro atoms. The van der Waals surface area contributed by atoms with Crippen molar-refractivity contribution >= 4 is 55.1 Å². The van der Waals surface area contributed by atoms with Crippen LogP contribution in [0.3, 0.4) is 0 Å². The number of hydrogen-bond donors (Lipinski definition) is 1. The molecule has 1 N–H and O–H groups in total. The monoisotopic (exact) mass is 325 g/mol. The van der Waals surface area contributed by atoms with Gasteiger partial charge in [-0.2, -0.15) is 0 Å². The highest BCUT2D eigenvalue weighted by Crippen LogP contribution is 2.25. The summed E-state index contributed by atoms with van der Waals surface area (Å²) in [5, 5.41) is 2.65. The third-order valence-electron chi connectivity index (χ3n) is 1.33. The van der Waals surface area contributed by atoms with Gasteiger partial charge in [0.1, 0.15) is 5.88 Å². The van der Waals surface area contributed by atoms with Gasteiger partial charge in [-0.05, 0) is 34.1 Å². The molecular formula is C8H6Br2ClNO. The predicted molar refractivity (Wildman–Crippen MR) is 61.2 cm³/mol. The van der Waals surface area contributed by atoms with Crippen LogP contribution < -0.4 is 5.32 Å². The van der Waals surface area contributed by atoms with E-state index in [0.29, 0.717) is 5.69 Å². The second kappa shape index (κ2) is 4.98. The molecule has 0 aromatic heterocycles. The molecule has 0 atom stereocenters. The summed E-state index contributed by atoms with van der Waals surface area (Å²) in [5.74, 6) is -0.257. The average molecular weight is 327 g/mol. The number of anilines is 1. The first-order chi connectivity index (χ1) is 6.13. The van der Waals surface area contributed by atoms with Crippen molar-refractivity contribution in [2.75, 3.05) is 11.2 Å². The second-order valence-corrected chi connectivity index (χ2v) is 4.34. The fraction of sp³-hybridized carbons (Fsp3) is 0.125. The van der Waals surface area contributed by atoms with Crippen LogP contribution in [0.15, 0.2) is 27.1 Å². The fourth-order valence-electron chi connectivity index (χ4n) is 0.774. The molecule has 0 unspecified atom stereocenters. The highest BCUT2D eigenvalue weighted by atomic mass is 79.9. The van der Waals surface area contributed by atoms with E-state index >= 15 is 0 Å². The molecule has 0 aliphatic heterocycles. The Morgan fingerprint density at radius 3 is 2.69 bits per heavy atom. The Morgan fingerprint density at radius 2 is 2.15 bits per heavy atom. The van der Waals surface area contributed by atoms with Crippen LogP contribution in [0.25, 0.3) is 0 Å². The number of benzene rings is 1. The molecule has 0 heterocycles. The summed E-state index contributed by atoms with van der Waals surface area (Å²) < 4.78 is 1.77. The lowest BCUT2D eigenvalue weighted by molar-refractivity contribution is -0.113. The predicted octanol–water partition coefficient (Wildman–Crippen LogP) is 3.39. The van der Waals surface area contributed by atoms with E-state index < -0.39 is 0 Å². The standard InChI is InChI=1S/C8H6Br2ClNO/c9-5-1-2-7(6(10)3-5)12-8(13)4-11/h1-3H,4H2,(H,12,13). The van der Waals surface area contributed by atoms with E-state index in [1.165, 1.54) is 0 Å². The zero-order chi connectivity index (χ0) is 9.84. The number of alkyl halides is 1. The van der Waals surface area contributed by atoms with Crippen molar-refractivity contribution in [1.29, 1.82) is 0 Å². The summed E-state index contributed by atoms with van der Waals surface area (Å²) in [5.41, 5.74) is 0.717. The summed E-state index contributed by atoms with van der Waals surface area (Å²) in [4.78, 5) is 10.9. The molecule has 13 heavy (non-hydrogen) atoms. The van der Waals surface area contributed by atoms with E-state index in [1.807, 2.05) is 12.1 Å². The number of halogens is 3. The Hall–Kier alpha value is -0.0600. The van der Waals surface area contributed by atoms with Crippen LogP contribution in [0.4, 0.5) is 5.69 Å². The maximum atomic E-state index is 10.9. The van der Waals surface area contributed by atoms with Crippen molar-refractivity contribution in [3.63, 3.8) is 0 Å². The highest BCUT2D eigenvalue weighted by molar-refractivity contribution is 9.11. The number of rotatable bonds is 2. The van der Waals surface area contributed by atoms with Crippen LogP contribution in [0.2, 0.25) is 0 Å². The van der Waals surface area contributed by atoms with Crippen molar-refractivity contribution in [3.05, 3.63) is 27.1 Å². The fourth-order valence-corrected chi connectivity index (χ4v) is 1.99. The van der Waals surface area contributed by atoms with E-state index in [1.54, 1.807) is 6.07 Å². The van der Waals surface area contributed by atoms with Gasteiger partial charge in [0.2, 0.25) is 5.91 Å². The second-order valence-electron chi connectivity index (χ2n) is 2.31. The molecule has 0 radical (unpaired) electrons. The molecular weight excluding hydrogens is 321 g/mol. The SMILES string of the molecule is O=C(CCl)Nc1ccc(Br)cc1Br. The minimum atomic E-state index is -0.218. The van der Waals surface area contributed by atoms with Crippen molar-refractivity contribution in [3.8, 4) is 0 Å². The maximum absolute atomic E-state index is 10.9. The number of carbonyl (C=O) groups excluding carboxylic acids is 1. The first kappa shape index (κ1) is 11.0. The molecule has 0 aliphatic carbocycles. The summed E-state index contributed by atoms with van der Waals surface area (Å²) in [6.07, 6.45) is 0. The Labute approximate surface area is 97.9 Å². The Balaban J connectivity index is 2.83. The molecule has 0 saturated heterocycles. The molecule has 1 amide bonds. The summed E-state index contributed by atoms with van der Waals surface area (Å²) in [6.45, 7) is 0. The lowest BCUT2D eigenvalue weighted by Crippen LogP contribution is -2.12. The van der Waals surface area contributed by atoms with Crippen LogP contribution in [0.5, 0.6) is 0 Å². The molecule has 1 rings (SSSR count). The van der Waals surface area contributed by atoms with Gasteiger partial charge in [-0.1, -0.05) is 15.9 Å². The van der Waals surface area contributed by atoms with Gasteiger partial charge in [0, 0.05) is 8.95 Å². The number of hydrogen-bond acceptors (Lipinski definition) is 1. The first-order valence-corrected chi connectivity index (χ1v) is 5.56. The molecule has 5 heteroatoms. The van der Waals surface area contributed by atoms with Crippen LogP contribution in [-0.2, 0) is 4.79 Å². The largest absolute Gasteiger partial charge is 0.324 e. The van der Waals surface area contributed by atoms with Crippen LogP contribution in [-0.4, -0.2) is 11.8 Å². The topological polar surface area (TPSA) is 29.1 Å². The summed E-state index contributed by atoms with van der Waals surface area (Å²) in [7, 11) is 0. The molecule has 0 bridgehead atoms. The van der Waals surface area contributed by atoms with Crippen LogP contribution in [0, 0.1) is 0 Å². The highest BCUT2D eigenvalue weighted by Gasteiger charge is 2.03. The van der Waals surface area contributed by atoms with E-state index in [2.05, 4.69) is 37.2 Å². The van der Waals surface area contributed by atoms with E-state index in [0.717, 1.165) is 8.95 Å². The molecule has 70 valence electrons. The van der Waals surface area contributed by atoms with Gasteiger partial charge in [0.25, 0.3) is 0 Å². The Morgan fingerprint density at radius 1 is 1.46 bits per heavy atom. The van der Waals surface area contributed by atoms with Gasteiger partial charge < -0.3 is 5.32 Å². The third-order valence-corrected chi connectivity index (χ3v) is 2.72. The average Bonchev–Trinajstić information content (AvgIpc) is 2.09. The van der Waals surface area contributed by atoms with Gasteiger partial charge >= 0.3 is 0 Å². The maximum Gasteiger partial charge on any atom is 0.239 e. The van der Waals surface area contributed by atoms with Gasteiger partial charge in [-0.25, -0.2) is 0 Å². The first-order valence-electron chi connectivity index (χ1n) is 3.44. The Bertz CT molecular complexity index is 330. The Kier molecular flexibility index (Phi) is 4.22. The minimum absolute atomic E-state index is 0.0392. The van der Waals surface area contributed by atoms with Crippen molar-refractivity contribution in [2.45, 2.75) is 0 Å². The zero-order valence-corrected chi connectivity index (χ0v) is 10.4. The number of nitrogens with one attached hydrogen (secondary N) is 1. The van der Waals surface area contributed by atoms with Crippen molar-refractivity contribution in [2.24, 2.45) is 0 Å². The minimum Gasteiger partial charge on any atom is -0.324 e. The number of amides is 1. The van der Waals surface area contributed by atoms with Gasteiger partial charge in [0.05, 0.1) is 5.69 Å². The summed E-state index contributed by atoms with van der Waals surface area (Å²) in [6, 6.07) is 5.48.